The summed E-state index contributed by atoms with van der Waals surface area (Å²) in [5.41, 5.74) is 0.874. The monoisotopic (exact) mass is 529 g/mol. The molecule has 2 atom stereocenters. The van der Waals surface area contributed by atoms with E-state index in [0.717, 1.165) is 10.9 Å². The number of aromatic nitrogens is 2. The molecule has 2 aromatic carbocycles. The van der Waals surface area contributed by atoms with Crippen LogP contribution in [0.25, 0.3) is 10.9 Å². The summed E-state index contributed by atoms with van der Waals surface area (Å²) in [5, 5.41) is 4.95. The fourth-order valence-electron chi connectivity index (χ4n) is 3.30. The highest BCUT2D eigenvalue weighted by molar-refractivity contribution is 9.10. The molecule has 0 unspecified atom stereocenters. The smallest absolute Gasteiger partial charge is 0.347 e. The van der Waals surface area contributed by atoms with Gasteiger partial charge in [0.1, 0.15) is 5.82 Å². The second kappa shape index (κ2) is 11.3. The Labute approximate surface area is 206 Å². The van der Waals surface area contributed by atoms with Crippen LogP contribution >= 0.6 is 15.9 Å². The van der Waals surface area contributed by atoms with Crippen molar-refractivity contribution in [2.45, 2.75) is 46.1 Å². The zero-order valence-corrected chi connectivity index (χ0v) is 21.5. The lowest BCUT2D eigenvalue weighted by Crippen LogP contribution is -2.26. The maximum absolute atomic E-state index is 13.4. The summed E-state index contributed by atoms with van der Waals surface area (Å²) >= 11 is 3.42. The zero-order chi connectivity index (χ0) is 24.8. The molecular weight excluding hydrogens is 502 g/mol. The molecule has 34 heavy (non-hydrogen) atoms. The van der Waals surface area contributed by atoms with E-state index in [2.05, 4.69) is 21.0 Å². The SMILES string of the molecule is CCOC(=O)[C@@H](C)Oc1c(C=Nn2c([C@@H](C)CC)nc3ccc(Br)cc3c2=O)cccc1OC. The minimum Gasteiger partial charge on any atom is -0.493 e. The van der Waals surface area contributed by atoms with Crippen LogP contribution in [-0.2, 0) is 9.53 Å². The van der Waals surface area contributed by atoms with E-state index in [-0.39, 0.29) is 18.1 Å². The number of carbonyl (C=O) groups is 1. The lowest BCUT2D eigenvalue weighted by atomic mass is 10.1. The third-order valence-corrected chi connectivity index (χ3v) is 5.83. The Balaban J connectivity index is 2.12. The molecule has 9 heteroatoms. The van der Waals surface area contributed by atoms with Gasteiger partial charge in [-0.15, -0.1) is 0 Å². The number of fused-ring (bicyclic) bond motifs is 1. The summed E-state index contributed by atoms with van der Waals surface area (Å²) in [7, 11) is 1.51. The molecule has 3 rings (SSSR count). The highest BCUT2D eigenvalue weighted by Gasteiger charge is 2.20. The average Bonchev–Trinajstić information content (AvgIpc) is 2.83. The molecule has 8 nitrogen and oxygen atoms in total. The van der Waals surface area contributed by atoms with Crippen LogP contribution in [0.1, 0.15) is 51.4 Å². The summed E-state index contributed by atoms with van der Waals surface area (Å²) in [4.78, 5) is 30.2. The molecule has 0 fully saturated rings. The van der Waals surface area contributed by atoms with Gasteiger partial charge in [-0.25, -0.2) is 9.78 Å². The molecule has 0 saturated heterocycles. The number of nitrogens with zero attached hydrogens (tertiary/aromatic N) is 3. The quantitative estimate of drug-likeness (QED) is 0.289. The highest BCUT2D eigenvalue weighted by atomic mass is 79.9. The predicted octanol–water partition coefficient (Wildman–Crippen LogP) is 4.89. The number of methoxy groups -OCH3 is 1. The standard InChI is InChI=1S/C25H28BrN3O5/c1-6-15(3)23-28-20-12-11-18(26)13-19(20)24(30)29(23)27-14-17-9-8-10-21(32-5)22(17)34-16(4)25(31)33-7-2/h8-16H,6-7H2,1-5H3/t15-,16+/m0/s1. The van der Waals surface area contributed by atoms with E-state index in [9.17, 15) is 9.59 Å². The largest absolute Gasteiger partial charge is 0.493 e. The third-order valence-electron chi connectivity index (χ3n) is 5.34. The number of carbonyl (C=O) groups excluding carboxylic acids is 1. The molecule has 0 N–H and O–H groups in total. The molecule has 0 bridgehead atoms. The number of rotatable bonds is 9. The fourth-order valence-corrected chi connectivity index (χ4v) is 3.67. The molecule has 1 heterocycles. The first-order chi connectivity index (χ1) is 16.3. The summed E-state index contributed by atoms with van der Waals surface area (Å²) in [6.07, 6.45) is 1.43. The van der Waals surface area contributed by atoms with E-state index in [1.165, 1.54) is 18.0 Å². The first-order valence-electron chi connectivity index (χ1n) is 11.1. The number of hydrogen-bond acceptors (Lipinski definition) is 7. The minimum atomic E-state index is -0.860. The van der Waals surface area contributed by atoms with Gasteiger partial charge in [-0.2, -0.15) is 9.78 Å². The minimum absolute atomic E-state index is 0.00256. The molecule has 3 aromatic rings. The first kappa shape index (κ1) is 25.4. The van der Waals surface area contributed by atoms with Gasteiger partial charge in [0, 0.05) is 16.0 Å². The zero-order valence-electron chi connectivity index (χ0n) is 19.9. The molecule has 0 saturated carbocycles. The van der Waals surface area contributed by atoms with Crippen LogP contribution in [0.15, 0.2) is 50.8 Å². The van der Waals surface area contributed by atoms with Crippen LogP contribution in [-0.4, -0.2) is 41.7 Å². The number of ether oxygens (including phenoxy) is 3. The molecular formula is C25H28BrN3O5. The Bertz CT molecular complexity index is 1270. The van der Waals surface area contributed by atoms with Gasteiger partial charge in [0.2, 0.25) is 0 Å². The summed E-state index contributed by atoms with van der Waals surface area (Å²) < 4.78 is 18.5. The Hall–Kier alpha value is -3.20. The molecule has 0 aliphatic heterocycles. The number of para-hydroxylation sites is 1. The van der Waals surface area contributed by atoms with Crippen LogP contribution in [0.5, 0.6) is 11.5 Å². The van der Waals surface area contributed by atoms with Crippen molar-refractivity contribution >= 4 is 39.0 Å². The lowest BCUT2D eigenvalue weighted by Gasteiger charge is -2.18. The van der Waals surface area contributed by atoms with E-state index in [1.54, 1.807) is 38.1 Å². The summed E-state index contributed by atoms with van der Waals surface area (Å²) in [6, 6.07) is 10.7. The molecule has 0 radical (unpaired) electrons. The van der Waals surface area contributed by atoms with Crippen LogP contribution in [0.2, 0.25) is 0 Å². The second-order valence-corrected chi connectivity index (χ2v) is 8.61. The van der Waals surface area contributed by atoms with Crippen LogP contribution in [0.3, 0.4) is 0 Å². The van der Waals surface area contributed by atoms with Gasteiger partial charge in [0.15, 0.2) is 17.6 Å². The van der Waals surface area contributed by atoms with Gasteiger partial charge in [-0.05, 0) is 50.6 Å². The van der Waals surface area contributed by atoms with Crippen molar-refractivity contribution in [3.63, 3.8) is 0 Å². The normalized spacial score (nSPS) is 13.1. The molecule has 0 aliphatic carbocycles. The summed E-state index contributed by atoms with van der Waals surface area (Å²) in [6.45, 7) is 7.61. The molecule has 0 aliphatic rings. The van der Waals surface area contributed by atoms with Gasteiger partial charge in [0.05, 0.1) is 30.8 Å². The lowest BCUT2D eigenvalue weighted by molar-refractivity contribution is -0.150. The van der Waals surface area contributed by atoms with E-state index in [0.29, 0.717) is 33.8 Å². The number of benzene rings is 2. The molecule has 0 amide bonds. The Kier molecular flexibility index (Phi) is 8.44. The third kappa shape index (κ3) is 5.47. The average molecular weight is 530 g/mol. The van der Waals surface area contributed by atoms with Crippen molar-refractivity contribution in [3.8, 4) is 11.5 Å². The number of halogens is 1. The number of esters is 1. The van der Waals surface area contributed by atoms with Crippen LogP contribution in [0.4, 0.5) is 0 Å². The maximum atomic E-state index is 13.4. The fraction of sp³-hybridized carbons (Fsp3) is 0.360. The molecule has 180 valence electrons. The van der Waals surface area contributed by atoms with E-state index >= 15 is 0 Å². The van der Waals surface area contributed by atoms with Crippen molar-refractivity contribution < 1.29 is 19.0 Å². The summed E-state index contributed by atoms with van der Waals surface area (Å²) in [5.74, 6) is 0.821. The molecule has 0 spiro atoms. The van der Waals surface area contributed by atoms with Gasteiger partial charge in [-0.1, -0.05) is 35.8 Å². The Morgan fingerprint density at radius 2 is 2.00 bits per heavy atom. The second-order valence-electron chi connectivity index (χ2n) is 7.69. The van der Waals surface area contributed by atoms with E-state index in [1.807, 2.05) is 26.0 Å². The topological polar surface area (TPSA) is 92.0 Å². The predicted molar refractivity (Wildman–Crippen MR) is 135 cm³/mol. The van der Waals surface area contributed by atoms with Crippen molar-refractivity contribution in [2.75, 3.05) is 13.7 Å². The number of hydrogen-bond donors (Lipinski definition) is 0. The Morgan fingerprint density at radius 1 is 1.24 bits per heavy atom. The van der Waals surface area contributed by atoms with E-state index < -0.39 is 12.1 Å². The molecule has 1 aromatic heterocycles. The van der Waals surface area contributed by atoms with Gasteiger partial charge < -0.3 is 14.2 Å². The first-order valence-corrected chi connectivity index (χ1v) is 11.9. The van der Waals surface area contributed by atoms with Crippen molar-refractivity contribution in [2.24, 2.45) is 5.10 Å². The van der Waals surface area contributed by atoms with Crippen LogP contribution < -0.4 is 15.0 Å². The van der Waals surface area contributed by atoms with Crippen molar-refractivity contribution in [1.82, 2.24) is 9.66 Å². The van der Waals surface area contributed by atoms with E-state index in [4.69, 9.17) is 19.2 Å². The van der Waals surface area contributed by atoms with Gasteiger partial charge in [0.25, 0.3) is 5.56 Å². The van der Waals surface area contributed by atoms with Crippen LogP contribution in [0, 0.1) is 0 Å². The van der Waals surface area contributed by atoms with Gasteiger partial charge in [-0.3, -0.25) is 4.79 Å². The van der Waals surface area contributed by atoms with Crippen molar-refractivity contribution in [1.29, 1.82) is 0 Å². The van der Waals surface area contributed by atoms with Gasteiger partial charge >= 0.3 is 5.97 Å². The van der Waals surface area contributed by atoms with Crippen molar-refractivity contribution in [3.05, 3.63) is 62.6 Å². The highest BCUT2D eigenvalue weighted by Crippen LogP contribution is 2.31. The Morgan fingerprint density at radius 3 is 2.68 bits per heavy atom. The maximum Gasteiger partial charge on any atom is 0.347 e.